The van der Waals surface area contributed by atoms with Gasteiger partial charge in [-0.05, 0) is 44.4 Å². The van der Waals surface area contributed by atoms with E-state index in [2.05, 4.69) is 11.9 Å². The smallest absolute Gasteiger partial charge is 0.138 e. The molecule has 0 fully saturated rings. The van der Waals surface area contributed by atoms with Gasteiger partial charge in [0.15, 0.2) is 0 Å². The number of ether oxygens (including phenoxy) is 1. The second-order valence-electron chi connectivity index (χ2n) is 4.78. The van der Waals surface area contributed by atoms with Crippen LogP contribution in [0.2, 0.25) is 5.02 Å². The summed E-state index contributed by atoms with van der Waals surface area (Å²) in [4.78, 5) is 3.36. The molecule has 1 heterocycles. The number of fused-ring (bicyclic) bond motifs is 1. The van der Waals surface area contributed by atoms with Crippen molar-refractivity contribution in [2.75, 3.05) is 7.11 Å². The van der Waals surface area contributed by atoms with Gasteiger partial charge in [-0.15, -0.1) is 0 Å². The van der Waals surface area contributed by atoms with Crippen LogP contribution in [0.15, 0.2) is 12.1 Å². The van der Waals surface area contributed by atoms with Crippen molar-refractivity contribution >= 4 is 22.5 Å². The molecular formula is C14H19ClN2O. The maximum Gasteiger partial charge on any atom is 0.138 e. The molecule has 0 amide bonds. The van der Waals surface area contributed by atoms with Crippen molar-refractivity contribution < 1.29 is 4.74 Å². The van der Waals surface area contributed by atoms with E-state index in [1.807, 2.05) is 19.1 Å². The Kier molecular flexibility index (Phi) is 3.83. The van der Waals surface area contributed by atoms with Crippen molar-refractivity contribution in [1.29, 1.82) is 0 Å². The summed E-state index contributed by atoms with van der Waals surface area (Å²) >= 11 is 6.13. The summed E-state index contributed by atoms with van der Waals surface area (Å²) in [7, 11) is 1.63. The highest BCUT2D eigenvalue weighted by atomic mass is 35.5. The molecule has 3 N–H and O–H groups in total. The van der Waals surface area contributed by atoms with Crippen LogP contribution in [0, 0.1) is 6.92 Å². The van der Waals surface area contributed by atoms with Crippen LogP contribution in [0.25, 0.3) is 10.9 Å². The van der Waals surface area contributed by atoms with Crippen LogP contribution in [0.1, 0.15) is 24.6 Å². The Morgan fingerprint density at radius 3 is 2.78 bits per heavy atom. The van der Waals surface area contributed by atoms with Crippen LogP contribution < -0.4 is 10.5 Å². The Labute approximate surface area is 112 Å². The van der Waals surface area contributed by atoms with E-state index in [0.29, 0.717) is 10.8 Å². The van der Waals surface area contributed by atoms with Crippen molar-refractivity contribution in [3.63, 3.8) is 0 Å². The Bertz CT molecular complexity index is 560. The summed E-state index contributed by atoms with van der Waals surface area (Å²) in [6.45, 7) is 4.11. The molecule has 98 valence electrons. The van der Waals surface area contributed by atoms with Gasteiger partial charge in [-0.3, -0.25) is 0 Å². The number of halogens is 1. The van der Waals surface area contributed by atoms with Gasteiger partial charge >= 0.3 is 0 Å². The molecule has 0 saturated carbocycles. The zero-order valence-corrected chi connectivity index (χ0v) is 11.8. The van der Waals surface area contributed by atoms with Gasteiger partial charge in [0.25, 0.3) is 0 Å². The van der Waals surface area contributed by atoms with Crippen LogP contribution in [-0.4, -0.2) is 18.1 Å². The molecule has 0 spiro atoms. The van der Waals surface area contributed by atoms with Crippen molar-refractivity contribution in [2.24, 2.45) is 5.73 Å². The quantitative estimate of drug-likeness (QED) is 0.891. The van der Waals surface area contributed by atoms with E-state index in [0.717, 1.165) is 18.4 Å². The van der Waals surface area contributed by atoms with Crippen molar-refractivity contribution in [2.45, 2.75) is 32.7 Å². The third kappa shape index (κ3) is 2.47. The Morgan fingerprint density at radius 1 is 1.44 bits per heavy atom. The highest BCUT2D eigenvalue weighted by Crippen LogP contribution is 2.33. The number of benzene rings is 1. The molecule has 2 aromatic rings. The van der Waals surface area contributed by atoms with E-state index in [4.69, 9.17) is 22.1 Å². The van der Waals surface area contributed by atoms with Crippen LogP contribution >= 0.6 is 11.6 Å². The number of hydrogen-bond donors (Lipinski definition) is 2. The van der Waals surface area contributed by atoms with E-state index < -0.39 is 0 Å². The number of H-pyrrole nitrogens is 1. The average Bonchev–Trinajstić information content (AvgIpc) is 2.60. The predicted octanol–water partition coefficient (Wildman–Crippen LogP) is 3.42. The summed E-state index contributed by atoms with van der Waals surface area (Å²) in [5, 5.41) is 1.80. The molecule has 0 saturated heterocycles. The fraction of sp³-hybridized carbons (Fsp3) is 0.429. The molecule has 4 heteroatoms. The number of aryl methyl sites for hydroxylation is 2. The molecule has 0 radical (unpaired) electrons. The zero-order chi connectivity index (χ0) is 13.3. The van der Waals surface area contributed by atoms with E-state index >= 15 is 0 Å². The minimum Gasteiger partial charge on any atom is -0.495 e. The largest absolute Gasteiger partial charge is 0.495 e. The second kappa shape index (κ2) is 5.21. The molecule has 0 aliphatic heterocycles. The number of aromatic nitrogens is 1. The van der Waals surface area contributed by atoms with Crippen molar-refractivity contribution in [3.8, 4) is 5.75 Å². The molecule has 1 aromatic carbocycles. The molecular weight excluding hydrogens is 248 g/mol. The third-order valence-electron chi connectivity index (χ3n) is 3.24. The summed E-state index contributed by atoms with van der Waals surface area (Å²) in [6, 6.07) is 4.12. The number of methoxy groups -OCH3 is 1. The first kappa shape index (κ1) is 13.2. The number of hydrogen-bond acceptors (Lipinski definition) is 2. The van der Waals surface area contributed by atoms with Gasteiger partial charge in [0.05, 0.1) is 12.1 Å². The van der Waals surface area contributed by atoms with Gasteiger partial charge in [0.2, 0.25) is 0 Å². The summed E-state index contributed by atoms with van der Waals surface area (Å²) in [6.07, 6.45) is 1.94. The first-order valence-corrected chi connectivity index (χ1v) is 6.51. The molecule has 0 aliphatic rings. The molecule has 0 aliphatic carbocycles. The summed E-state index contributed by atoms with van der Waals surface area (Å²) < 4.78 is 5.27. The number of nitrogens with two attached hydrogens (primary N) is 1. The van der Waals surface area contributed by atoms with Crippen LogP contribution in [0.4, 0.5) is 0 Å². The van der Waals surface area contributed by atoms with E-state index in [-0.39, 0.29) is 6.04 Å². The lowest BCUT2D eigenvalue weighted by Gasteiger charge is -2.06. The minimum absolute atomic E-state index is 0.212. The van der Waals surface area contributed by atoms with Gasteiger partial charge in [-0.1, -0.05) is 11.6 Å². The first-order chi connectivity index (χ1) is 8.52. The lowest BCUT2D eigenvalue weighted by Crippen LogP contribution is -2.15. The maximum atomic E-state index is 6.13. The molecule has 18 heavy (non-hydrogen) atoms. The fourth-order valence-corrected chi connectivity index (χ4v) is 2.48. The monoisotopic (exact) mass is 266 g/mol. The van der Waals surface area contributed by atoms with Crippen LogP contribution in [-0.2, 0) is 6.42 Å². The van der Waals surface area contributed by atoms with Gasteiger partial charge in [-0.2, -0.15) is 0 Å². The first-order valence-electron chi connectivity index (χ1n) is 6.13. The summed E-state index contributed by atoms with van der Waals surface area (Å²) in [5.41, 5.74) is 9.36. The number of aromatic amines is 1. The zero-order valence-electron chi connectivity index (χ0n) is 11.0. The maximum absolute atomic E-state index is 6.13. The second-order valence-corrected chi connectivity index (χ2v) is 5.18. The predicted molar refractivity (Wildman–Crippen MR) is 76.6 cm³/mol. The van der Waals surface area contributed by atoms with E-state index in [9.17, 15) is 0 Å². The van der Waals surface area contributed by atoms with Crippen molar-refractivity contribution in [1.82, 2.24) is 4.98 Å². The fourth-order valence-electron chi connectivity index (χ4n) is 2.24. The molecule has 1 aromatic heterocycles. The van der Waals surface area contributed by atoms with Crippen LogP contribution in [0.5, 0.6) is 5.75 Å². The standard InChI is InChI=1S/C14H19ClN2O/c1-8(16)4-5-10-9(2)17-13-7-12(15)14(18-3)6-11(10)13/h6-8,17H,4-5,16H2,1-3H3. The molecule has 1 atom stereocenters. The Morgan fingerprint density at radius 2 is 2.17 bits per heavy atom. The van der Waals surface area contributed by atoms with Gasteiger partial charge in [-0.25, -0.2) is 0 Å². The minimum atomic E-state index is 0.212. The lowest BCUT2D eigenvalue weighted by atomic mass is 10.0. The van der Waals surface area contributed by atoms with Gasteiger partial charge in [0, 0.05) is 22.6 Å². The number of nitrogens with one attached hydrogen (secondary N) is 1. The molecule has 1 unspecified atom stereocenters. The van der Waals surface area contributed by atoms with Crippen LogP contribution in [0.3, 0.4) is 0 Å². The van der Waals surface area contributed by atoms with Gasteiger partial charge in [0.1, 0.15) is 5.75 Å². The van der Waals surface area contributed by atoms with E-state index in [1.165, 1.54) is 16.6 Å². The third-order valence-corrected chi connectivity index (χ3v) is 3.54. The molecule has 3 nitrogen and oxygen atoms in total. The highest BCUT2D eigenvalue weighted by Gasteiger charge is 2.12. The van der Waals surface area contributed by atoms with Crippen molar-refractivity contribution in [3.05, 3.63) is 28.4 Å². The molecule has 0 bridgehead atoms. The SMILES string of the molecule is COc1cc2c(CCC(C)N)c(C)[nH]c2cc1Cl. The summed E-state index contributed by atoms with van der Waals surface area (Å²) in [5.74, 6) is 0.713. The lowest BCUT2D eigenvalue weighted by molar-refractivity contribution is 0.415. The number of rotatable bonds is 4. The normalized spacial score (nSPS) is 12.9. The topological polar surface area (TPSA) is 51.0 Å². The Balaban J connectivity index is 2.48. The average molecular weight is 267 g/mol. The Hall–Kier alpha value is -1.19. The molecule has 2 rings (SSSR count). The van der Waals surface area contributed by atoms with E-state index in [1.54, 1.807) is 7.11 Å². The highest BCUT2D eigenvalue weighted by molar-refractivity contribution is 6.32. The van der Waals surface area contributed by atoms with Gasteiger partial charge < -0.3 is 15.5 Å².